The van der Waals surface area contributed by atoms with Gasteiger partial charge in [-0.15, -0.1) is 0 Å². The van der Waals surface area contributed by atoms with Crippen molar-refractivity contribution in [3.8, 4) is 16.9 Å². The second-order valence-corrected chi connectivity index (χ2v) is 7.24. The van der Waals surface area contributed by atoms with Gasteiger partial charge in [0.2, 0.25) is 0 Å². The summed E-state index contributed by atoms with van der Waals surface area (Å²) in [6.07, 6.45) is 3.56. The first kappa shape index (κ1) is 20.8. The molecule has 2 aromatic carbocycles. The molecule has 6 nitrogen and oxygen atoms in total. The van der Waals surface area contributed by atoms with Crippen LogP contribution < -0.4 is 15.4 Å². The largest absolute Gasteiger partial charge is 0.496 e. The number of pyridine rings is 2. The first-order valence-corrected chi connectivity index (χ1v) is 10.3. The number of aliphatic hydroxyl groups is 1. The standard InChI is InChI=1S/C25H26N4O2/c1-17-20(18-7-4-3-5-8-18)9-6-10-22(17)29-25-23-21(11-12-27-25)24(31-2)19(16-28-23)15-26-13-14-30/h3-12,16,26,30H,13-15H2,1-2H3,(H,27,29). The Morgan fingerprint density at radius 2 is 1.84 bits per heavy atom. The van der Waals surface area contributed by atoms with E-state index in [4.69, 9.17) is 9.84 Å². The third kappa shape index (κ3) is 4.35. The molecule has 0 radical (unpaired) electrons. The van der Waals surface area contributed by atoms with Crippen LogP contribution in [0.2, 0.25) is 0 Å². The quantitative estimate of drug-likeness (QED) is 0.370. The number of rotatable bonds is 8. The van der Waals surface area contributed by atoms with Crippen molar-refractivity contribution in [1.29, 1.82) is 0 Å². The monoisotopic (exact) mass is 414 g/mol. The maximum atomic E-state index is 9.01. The number of hydrogen-bond donors (Lipinski definition) is 3. The Labute approximate surface area is 181 Å². The lowest BCUT2D eigenvalue weighted by molar-refractivity contribution is 0.291. The van der Waals surface area contributed by atoms with Crippen LogP contribution in [0.1, 0.15) is 11.1 Å². The molecule has 4 rings (SSSR count). The van der Waals surface area contributed by atoms with Crippen molar-refractivity contribution in [2.75, 3.05) is 25.6 Å². The van der Waals surface area contributed by atoms with E-state index in [0.29, 0.717) is 18.9 Å². The number of nitrogens with zero attached hydrogens (tertiary/aromatic N) is 2. The van der Waals surface area contributed by atoms with Crippen LogP contribution in [-0.2, 0) is 6.54 Å². The number of nitrogens with one attached hydrogen (secondary N) is 2. The molecule has 0 saturated carbocycles. The zero-order chi connectivity index (χ0) is 21.6. The van der Waals surface area contributed by atoms with Crippen molar-refractivity contribution in [2.45, 2.75) is 13.5 Å². The highest BCUT2D eigenvalue weighted by atomic mass is 16.5. The van der Waals surface area contributed by atoms with Crippen LogP contribution in [0.3, 0.4) is 0 Å². The molecule has 0 atom stereocenters. The lowest BCUT2D eigenvalue weighted by Gasteiger charge is -2.16. The van der Waals surface area contributed by atoms with E-state index in [1.807, 2.05) is 36.4 Å². The van der Waals surface area contributed by atoms with Crippen LogP contribution in [-0.4, -0.2) is 35.3 Å². The van der Waals surface area contributed by atoms with Gasteiger partial charge < -0.3 is 20.5 Å². The summed E-state index contributed by atoms with van der Waals surface area (Å²) < 4.78 is 5.70. The molecular formula is C25H26N4O2. The van der Waals surface area contributed by atoms with Crippen LogP contribution in [0.25, 0.3) is 22.0 Å². The fourth-order valence-electron chi connectivity index (χ4n) is 3.73. The van der Waals surface area contributed by atoms with Crippen molar-refractivity contribution in [2.24, 2.45) is 0 Å². The first-order valence-electron chi connectivity index (χ1n) is 10.3. The summed E-state index contributed by atoms with van der Waals surface area (Å²) in [4.78, 5) is 9.22. The van der Waals surface area contributed by atoms with Crippen molar-refractivity contribution in [1.82, 2.24) is 15.3 Å². The second kappa shape index (κ2) is 9.55. The van der Waals surface area contributed by atoms with Gasteiger partial charge in [0.15, 0.2) is 5.82 Å². The summed E-state index contributed by atoms with van der Waals surface area (Å²) in [7, 11) is 1.66. The maximum absolute atomic E-state index is 9.01. The van der Waals surface area contributed by atoms with Crippen LogP contribution in [0, 0.1) is 6.92 Å². The highest BCUT2D eigenvalue weighted by Gasteiger charge is 2.14. The summed E-state index contributed by atoms with van der Waals surface area (Å²) in [6.45, 7) is 3.27. The van der Waals surface area contributed by atoms with E-state index >= 15 is 0 Å². The Balaban J connectivity index is 1.71. The Bertz CT molecular complexity index is 1180. The molecule has 0 amide bonds. The summed E-state index contributed by atoms with van der Waals surface area (Å²) in [5.41, 5.74) is 6.15. The molecular weight excluding hydrogens is 388 g/mol. The van der Waals surface area contributed by atoms with Crippen LogP contribution in [0.4, 0.5) is 11.5 Å². The van der Waals surface area contributed by atoms with E-state index in [1.165, 1.54) is 11.1 Å². The number of anilines is 2. The van der Waals surface area contributed by atoms with Gasteiger partial charge >= 0.3 is 0 Å². The summed E-state index contributed by atoms with van der Waals surface area (Å²) in [6, 6.07) is 18.5. The van der Waals surface area contributed by atoms with Crippen LogP contribution in [0.15, 0.2) is 67.0 Å². The molecule has 0 fully saturated rings. The Morgan fingerprint density at radius 1 is 1.00 bits per heavy atom. The van der Waals surface area contributed by atoms with E-state index in [0.717, 1.165) is 33.5 Å². The highest BCUT2D eigenvalue weighted by Crippen LogP contribution is 2.34. The zero-order valence-corrected chi connectivity index (χ0v) is 17.7. The normalized spacial score (nSPS) is 10.9. The number of fused-ring (bicyclic) bond motifs is 1. The third-order valence-corrected chi connectivity index (χ3v) is 5.29. The molecule has 2 aromatic heterocycles. The molecule has 2 heterocycles. The lowest BCUT2D eigenvalue weighted by Crippen LogP contribution is -2.18. The molecule has 0 spiro atoms. The number of hydrogen-bond acceptors (Lipinski definition) is 6. The van der Waals surface area contributed by atoms with E-state index in [-0.39, 0.29) is 6.61 Å². The van der Waals surface area contributed by atoms with Gasteiger partial charge in [-0.1, -0.05) is 42.5 Å². The van der Waals surface area contributed by atoms with Crippen LogP contribution >= 0.6 is 0 Å². The minimum atomic E-state index is 0.0860. The minimum absolute atomic E-state index is 0.0860. The second-order valence-electron chi connectivity index (χ2n) is 7.24. The predicted molar refractivity (Wildman–Crippen MR) is 125 cm³/mol. The fraction of sp³-hybridized carbons (Fsp3) is 0.200. The molecule has 158 valence electrons. The predicted octanol–water partition coefficient (Wildman–Crippen LogP) is 4.44. The summed E-state index contributed by atoms with van der Waals surface area (Å²) in [5, 5.41) is 16.5. The van der Waals surface area contributed by atoms with Gasteiger partial charge in [0.25, 0.3) is 0 Å². The molecule has 0 saturated heterocycles. The van der Waals surface area contributed by atoms with Gasteiger partial charge in [0.1, 0.15) is 11.3 Å². The average molecular weight is 415 g/mol. The smallest absolute Gasteiger partial charge is 0.157 e. The van der Waals surface area contributed by atoms with Gasteiger partial charge in [-0.2, -0.15) is 0 Å². The molecule has 0 aliphatic rings. The zero-order valence-electron chi connectivity index (χ0n) is 17.7. The van der Waals surface area contributed by atoms with Crippen molar-refractivity contribution >= 4 is 22.4 Å². The van der Waals surface area contributed by atoms with E-state index in [2.05, 4.69) is 45.7 Å². The molecule has 0 aliphatic carbocycles. The summed E-state index contributed by atoms with van der Waals surface area (Å²) in [5.74, 6) is 1.44. The summed E-state index contributed by atoms with van der Waals surface area (Å²) >= 11 is 0. The Morgan fingerprint density at radius 3 is 2.61 bits per heavy atom. The lowest BCUT2D eigenvalue weighted by atomic mass is 9.99. The number of benzene rings is 2. The first-order chi connectivity index (χ1) is 15.2. The van der Waals surface area contributed by atoms with Crippen molar-refractivity contribution < 1.29 is 9.84 Å². The Kier molecular flexibility index (Phi) is 6.40. The van der Waals surface area contributed by atoms with Crippen molar-refractivity contribution in [3.05, 3.63) is 78.1 Å². The molecule has 0 bridgehead atoms. The fourth-order valence-corrected chi connectivity index (χ4v) is 3.73. The molecule has 3 N–H and O–H groups in total. The van der Waals surface area contributed by atoms with Crippen molar-refractivity contribution in [3.63, 3.8) is 0 Å². The Hall–Kier alpha value is -3.48. The molecule has 31 heavy (non-hydrogen) atoms. The minimum Gasteiger partial charge on any atom is -0.496 e. The maximum Gasteiger partial charge on any atom is 0.157 e. The third-order valence-electron chi connectivity index (χ3n) is 5.29. The number of aromatic nitrogens is 2. The molecule has 0 aliphatic heterocycles. The van der Waals surface area contributed by atoms with Crippen LogP contribution in [0.5, 0.6) is 5.75 Å². The van der Waals surface area contributed by atoms with Gasteiger partial charge in [-0.05, 0) is 35.7 Å². The van der Waals surface area contributed by atoms with Gasteiger partial charge in [0, 0.05) is 42.1 Å². The van der Waals surface area contributed by atoms with E-state index in [1.54, 1.807) is 19.5 Å². The topological polar surface area (TPSA) is 79.3 Å². The molecule has 4 aromatic rings. The molecule has 0 unspecified atom stereocenters. The highest BCUT2D eigenvalue weighted by molar-refractivity contribution is 5.95. The van der Waals surface area contributed by atoms with E-state index < -0.39 is 0 Å². The van der Waals surface area contributed by atoms with Gasteiger partial charge in [-0.25, -0.2) is 4.98 Å². The number of methoxy groups -OCH3 is 1. The number of aliphatic hydroxyl groups excluding tert-OH is 1. The van der Waals surface area contributed by atoms with E-state index in [9.17, 15) is 0 Å². The van der Waals surface area contributed by atoms with Gasteiger partial charge in [-0.3, -0.25) is 4.98 Å². The SMILES string of the molecule is COc1c(CNCCO)cnc2c(Nc3cccc(-c4ccccc4)c3C)nccc12. The molecule has 6 heteroatoms. The average Bonchev–Trinajstić information content (AvgIpc) is 2.81. The number of ether oxygens (including phenoxy) is 1. The van der Waals surface area contributed by atoms with Gasteiger partial charge in [0.05, 0.1) is 13.7 Å².